The predicted molar refractivity (Wildman–Crippen MR) is 123 cm³/mol. The number of ether oxygens (including phenoxy) is 1. The van der Waals surface area contributed by atoms with Gasteiger partial charge in [0.05, 0.1) is 13.7 Å². The summed E-state index contributed by atoms with van der Waals surface area (Å²) in [5, 5.41) is 10.9. The fourth-order valence-electron chi connectivity index (χ4n) is 2.61. The standard InChI is InChI=1S/C19H11BrFIN2O5S/c20-11-6-9(7-13(22)16(11)29-8-15(25)26)5-10-17(27)23-19(30)24(18(10)28)14-4-2-1-3-12(14)21/h1-7H,8H2,(H,25,26)(H,23,27,30)/b10-5+. The second kappa shape index (κ2) is 9.18. The molecule has 1 saturated heterocycles. The summed E-state index contributed by atoms with van der Waals surface area (Å²) in [4.78, 5) is 37.0. The van der Waals surface area contributed by atoms with Gasteiger partial charge in [-0.2, -0.15) is 0 Å². The molecule has 0 unspecified atom stereocenters. The number of aliphatic carboxylic acids is 1. The van der Waals surface area contributed by atoms with Gasteiger partial charge < -0.3 is 9.84 Å². The molecule has 30 heavy (non-hydrogen) atoms. The van der Waals surface area contributed by atoms with E-state index in [4.69, 9.17) is 22.1 Å². The number of amides is 2. The molecule has 2 N–H and O–H groups in total. The number of nitrogens with one attached hydrogen (secondary N) is 1. The molecule has 0 aliphatic carbocycles. The largest absolute Gasteiger partial charge is 0.480 e. The fourth-order valence-corrected chi connectivity index (χ4v) is 4.65. The maximum Gasteiger partial charge on any atom is 0.341 e. The van der Waals surface area contributed by atoms with Crippen LogP contribution in [0.15, 0.2) is 46.4 Å². The molecule has 1 aliphatic rings. The predicted octanol–water partition coefficient (Wildman–Crippen LogP) is 3.49. The number of rotatable bonds is 5. The van der Waals surface area contributed by atoms with E-state index in [1.54, 1.807) is 18.2 Å². The van der Waals surface area contributed by atoms with Crippen LogP contribution >= 0.6 is 50.7 Å². The van der Waals surface area contributed by atoms with Crippen LogP contribution in [0.1, 0.15) is 5.56 Å². The van der Waals surface area contributed by atoms with E-state index >= 15 is 0 Å². The van der Waals surface area contributed by atoms with Crippen molar-refractivity contribution in [3.63, 3.8) is 0 Å². The Bertz CT molecular complexity index is 1100. The molecule has 0 radical (unpaired) electrons. The van der Waals surface area contributed by atoms with Crippen molar-refractivity contribution in [1.29, 1.82) is 0 Å². The van der Waals surface area contributed by atoms with E-state index in [0.29, 0.717) is 19.4 Å². The Morgan fingerprint density at radius 3 is 2.67 bits per heavy atom. The Morgan fingerprint density at radius 1 is 1.33 bits per heavy atom. The van der Waals surface area contributed by atoms with Crippen LogP contribution in [0.5, 0.6) is 5.75 Å². The molecule has 3 rings (SSSR count). The number of hydrogen-bond donors (Lipinski definition) is 2. The van der Waals surface area contributed by atoms with E-state index in [1.165, 1.54) is 24.3 Å². The summed E-state index contributed by atoms with van der Waals surface area (Å²) >= 11 is 10.3. The second-order valence-corrected chi connectivity index (χ2v) is 8.31. The summed E-state index contributed by atoms with van der Waals surface area (Å²) in [6, 6.07) is 8.75. The van der Waals surface area contributed by atoms with Crippen LogP contribution in [0.3, 0.4) is 0 Å². The summed E-state index contributed by atoms with van der Waals surface area (Å²) in [6.07, 6.45) is 1.33. The molecule has 154 valence electrons. The molecule has 1 heterocycles. The van der Waals surface area contributed by atoms with Crippen molar-refractivity contribution in [3.8, 4) is 5.75 Å². The molecule has 0 spiro atoms. The lowest BCUT2D eigenvalue weighted by atomic mass is 10.1. The van der Waals surface area contributed by atoms with Crippen LogP contribution < -0.4 is 15.0 Å². The van der Waals surface area contributed by atoms with E-state index in [9.17, 15) is 18.8 Å². The first-order chi connectivity index (χ1) is 14.2. The number of carboxylic acids is 1. The zero-order chi connectivity index (χ0) is 22.0. The van der Waals surface area contributed by atoms with Crippen molar-refractivity contribution < 1.29 is 28.6 Å². The zero-order valence-corrected chi connectivity index (χ0v) is 19.4. The van der Waals surface area contributed by atoms with Gasteiger partial charge in [-0.1, -0.05) is 12.1 Å². The lowest BCUT2D eigenvalue weighted by Crippen LogP contribution is -2.54. The third-order valence-corrected chi connectivity index (χ3v) is 5.54. The molecular formula is C19H11BrFIN2O5S. The van der Waals surface area contributed by atoms with E-state index < -0.39 is 30.2 Å². The molecule has 1 fully saturated rings. The third kappa shape index (κ3) is 4.68. The Balaban J connectivity index is 1.99. The maximum absolute atomic E-state index is 14.2. The Morgan fingerprint density at radius 2 is 2.03 bits per heavy atom. The minimum atomic E-state index is -1.13. The minimum absolute atomic E-state index is 0.0772. The summed E-state index contributed by atoms with van der Waals surface area (Å²) in [7, 11) is 0. The number of carbonyl (C=O) groups is 3. The van der Waals surface area contributed by atoms with Crippen molar-refractivity contribution in [3.05, 3.63) is 61.4 Å². The summed E-state index contributed by atoms with van der Waals surface area (Å²) < 4.78 is 20.4. The molecule has 0 bridgehead atoms. The summed E-state index contributed by atoms with van der Waals surface area (Å²) in [5.74, 6) is -2.96. The Labute approximate surface area is 197 Å². The highest BCUT2D eigenvalue weighted by Gasteiger charge is 2.35. The van der Waals surface area contributed by atoms with E-state index in [1.807, 2.05) is 22.6 Å². The number of para-hydroxylation sites is 1. The van der Waals surface area contributed by atoms with Crippen LogP contribution in [0, 0.1) is 9.39 Å². The summed E-state index contributed by atoms with van der Waals surface area (Å²) in [5.41, 5.74) is 0.147. The second-order valence-electron chi connectivity index (χ2n) is 5.91. The number of carbonyl (C=O) groups excluding carboxylic acids is 2. The first-order valence-electron chi connectivity index (χ1n) is 8.18. The third-order valence-electron chi connectivity index (χ3n) is 3.87. The highest BCUT2D eigenvalue weighted by atomic mass is 127. The molecule has 1 aliphatic heterocycles. The maximum atomic E-state index is 14.2. The smallest absolute Gasteiger partial charge is 0.341 e. The quantitative estimate of drug-likeness (QED) is 0.235. The van der Waals surface area contributed by atoms with Gasteiger partial charge in [-0.25, -0.2) is 14.1 Å². The summed E-state index contributed by atoms with van der Waals surface area (Å²) in [6.45, 7) is -0.523. The highest BCUT2D eigenvalue weighted by molar-refractivity contribution is 14.1. The number of anilines is 1. The van der Waals surface area contributed by atoms with E-state index in [2.05, 4.69) is 21.2 Å². The van der Waals surface area contributed by atoms with Gasteiger partial charge in [0.25, 0.3) is 11.8 Å². The van der Waals surface area contributed by atoms with Gasteiger partial charge in [0, 0.05) is 0 Å². The van der Waals surface area contributed by atoms with Crippen molar-refractivity contribution >= 4 is 85.4 Å². The van der Waals surface area contributed by atoms with Crippen LogP contribution in [-0.2, 0) is 14.4 Å². The number of nitrogens with zero attached hydrogens (tertiary/aromatic N) is 1. The van der Waals surface area contributed by atoms with Gasteiger partial charge in [-0.05, 0) is 86.6 Å². The van der Waals surface area contributed by atoms with E-state index in [0.717, 1.165) is 4.90 Å². The number of hydrogen-bond acceptors (Lipinski definition) is 5. The molecule has 0 aromatic heterocycles. The van der Waals surface area contributed by atoms with Gasteiger partial charge in [0.2, 0.25) is 0 Å². The van der Waals surface area contributed by atoms with Gasteiger partial charge >= 0.3 is 5.97 Å². The normalized spacial score (nSPS) is 15.4. The molecule has 0 saturated carbocycles. The van der Waals surface area contributed by atoms with Gasteiger partial charge in [-0.3, -0.25) is 14.9 Å². The van der Waals surface area contributed by atoms with E-state index in [-0.39, 0.29) is 16.4 Å². The van der Waals surface area contributed by atoms with Crippen LogP contribution in [0.2, 0.25) is 0 Å². The van der Waals surface area contributed by atoms with Crippen LogP contribution in [0.4, 0.5) is 10.1 Å². The lowest BCUT2D eigenvalue weighted by molar-refractivity contribution is -0.139. The first-order valence-corrected chi connectivity index (χ1v) is 10.5. The van der Waals surface area contributed by atoms with Crippen molar-refractivity contribution in [2.45, 2.75) is 0 Å². The average molecular weight is 605 g/mol. The molecule has 0 atom stereocenters. The zero-order valence-electron chi connectivity index (χ0n) is 14.8. The monoisotopic (exact) mass is 604 g/mol. The molecule has 2 aromatic rings. The highest BCUT2D eigenvalue weighted by Crippen LogP contribution is 2.33. The minimum Gasteiger partial charge on any atom is -0.480 e. The van der Waals surface area contributed by atoms with Crippen LogP contribution in [0.25, 0.3) is 6.08 Å². The molecule has 2 amide bonds. The Hall–Kier alpha value is -2.38. The topological polar surface area (TPSA) is 95.9 Å². The molecule has 2 aromatic carbocycles. The number of halogens is 3. The Kier molecular flexibility index (Phi) is 6.83. The van der Waals surface area contributed by atoms with Gasteiger partial charge in [-0.15, -0.1) is 0 Å². The number of benzene rings is 2. The number of thiocarbonyl (C=S) groups is 1. The average Bonchev–Trinajstić information content (AvgIpc) is 2.65. The molecule has 7 nitrogen and oxygen atoms in total. The van der Waals surface area contributed by atoms with Crippen molar-refractivity contribution in [2.75, 3.05) is 11.5 Å². The van der Waals surface area contributed by atoms with Crippen molar-refractivity contribution in [1.82, 2.24) is 5.32 Å². The van der Waals surface area contributed by atoms with Gasteiger partial charge in [0.1, 0.15) is 17.1 Å². The van der Waals surface area contributed by atoms with Gasteiger partial charge in [0.15, 0.2) is 11.7 Å². The molecular weight excluding hydrogens is 594 g/mol. The number of carboxylic acid groups (broad SMARTS) is 1. The first kappa shape index (κ1) is 22.3. The molecule has 11 heteroatoms. The van der Waals surface area contributed by atoms with Crippen molar-refractivity contribution in [2.24, 2.45) is 0 Å². The fraction of sp³-hybridized carbons (Fsp3) is 0.0526. The lowest BCUT2D eigenvalue weighted by Gasteiger charge is -2.29. The van der Waals surface area contributed by atoms with Crippen LogP contribution in [-0.4, -0.2) is 34.6 Å². The SMILES string of the molecule is O=C(O)COc1c(Br)cc(/C=C2\C(=O)NC(=S)N(c3ccccc3F)C2=O)cc1I.